The standard InChI is InChI=1S/C10H14BrN3/c1-7-3-4-10(13-12-7)14-6-9(11)5-8(14)2/h3-4,8-9H,5-6H2,1-2H3. The zero-order valence-corrected chi connectivity index (χ0v) is 10.0. The van der Waals surface area contributed by atoms with Crippen LogP contribution in [0.2, 0.25) is 0 Å². The highest BCUT2D eigenvalue weighted by Gasteiger charge is 2.28. The van der Waals surface area contributed by atoms with Crippen LogP contribution in [0.15, 0.2) is 12.1 Å². The smallest absolute Gasteiger partial charge is 0.151 e. The van der Waals surface area contributed by atoms with E-state index >= 15 is 0 Å². The van der Waals surface area contributed by atoms with Gasteiger partial charge in [-0.1, -0.05) is 15.9 Å². The topological polar surface area (TPSA) is 29.0 Å². The largest absolute Gasteiger partial charge is 0.351 e. The van der Waals surface area contributed by atoms with E-state index in [2.05, 4.69) is 38.0 Å². The molecule has 0 bridgehead atoms. The summed E-state index contributed by atoms with van der Waals surface area (Å²) in [6, 6.07) is 4.61. The predicted octanol–water partition coefficient (Wildman–Crippen LogP) is 2.15. The summed E-state index contributed by atoms with van der Waals surface area (Å²) in [6.07, 6.45) is 1.18. The molecule has 0 amide bonds. The highest BCUT2D eigenvalue weighted by Crippen LogP contribution is 2.26. The van der Waals surface area contributed by atoms with Crippen LogP contribution in [-0.2, 0) is 0 Å². The molecule has 0 aromatic carbocycles. The van der Waals surface area contributed by atoms with E-state index < -0.39 is 0 Å². The van der Waals surface area contributed by atoms with Gasteiger partial charge in [0.2, 0.25) is 0 Å². The van der Waals surface area contributed by atoms with E-state index in [1.165, 1.54) is 6.42 Å². The number of hydrogen-bond acceptors (Lipinski definition) is 3. The number of nitrogens with zero attached hydrogens (tertiary/aromatic N) is 3. The number of alkyl halides is 1. The summed E-state index contributed by atoms with van der Waals surface area (Å²) in [6.45, 7) is 5.21. The number of anilines is 1. The third kappa shape index (κ3) is 1.90. The van der Waals surface area contributed by atoms with Crippen molar-refractivity contribution in [1.82, 2.24) is 10.2 Å². The Morgan fingerprint density at radius 1 is 1.43 bits per heavy atom. The molecule has 3 nitrogen and oxygen atoms in total. The van der Waals surface area contributed by atoms with Gasteiger partial charge in [0.05, 0.1) is 5.69 Å². The van der Waals surface area contributed by atoms with Crippen molar-refractivity contribution in [3.05, 3.63) is 17.8 Å². The number of halogens is 1. The summed E-state index contributed by atoms with van der Waals surface area (Å²) in [5.41, 5.74) is 0.969. The molecule has 1 aromatic heterocycles. The van der Waals surface area contributed by atoms with E-state index in [1.807, 2.05) is 19.1 Å². The molecule has 2 unspecified atom stereocenters. The lowest BCUT2D eigenvalue weighted by molar-refractivity contribution is 0.721. The maximum Gasteiger partial charge on any atom is 0.151 e. The van der Waals surface area contributed by atoms with Crippen molar-refractivity contribution in [2.75, 3.05) is 11.4 Å². The molecule has 2 heterocycles. The molecule has 0 saturated carbocycles. The van der Waals surface area contributed by atoms with Crippen LogP contribution in [0.4, 0.5) is 5.82 Å². The van der Waals surface area contributed by atoms with Crippen LogP contribution in [0, 0.1) is 6.92 Å². The van der Waals surface area contributed by atoms with E-state index in [1.54, 1.807) is 0 Å². The molecule has 4 heteroatoms. The number of aryl methyl sites for hydroxylation is 1. The number of hydrogen-bond donors (Lipinski definition) is 0. The summed E-state index contributed by atoms with van der Waals surface area (Å²) in [4.78, 5) is 2.88. The van der Waals surface area contributed by atoms with E-state index in [9.17, 15) is 0 Å². The Balaban J connectivity index is 2.19. The second kappa shape index (κ2) is 3.85. The maximum absolute atomic E-state index is 4.20. The van der Waals surface area contributed by atoms with Crippen molar-refractivity contribution >= 4 is 21.7 Å². The third-order valence-corrected chi connectivity index (χ3v) is 3.27. The van der Waals surface area contributed by atoms with Crippen molar-refractivity contribution in [2.24, 2.45) is 0 Å². The Morgan fingerprint density at radius 2 is 2.21 bits per heavy atom. The summed E-state index contributed by atoms with van der Waals surface area (Å²) in [5, 5.41) is 8.28. The summed E-state index contributed by atoms with van der Waals surface area (Å²) in [5.74, 6) is 0.991. The van der Waals surface area contributed by atoms with Gasteiger partial charge in [-0.05, 0) is 32.4 Å². The molecule has 1 aliphatic heterocycles. The first-order valence-electron chi connectivity index (χ1n) is 4.88. The minimum Gasteiger partial charge on any atom is -0.351 e. The highest BCUT2D eigenvalue weighted by molar-refractivity contribution is 9.09. The quantitative estimate of drug-likeness (QED) is 0.721. The Labute approximate surface area is 92.7 Å². The van der Waals surface area contributed by atoms with E-state index in [0.29, 0.717) is 10.9 Å². The first kappa shape index (κ1) is 9.90. The molecule has 0 radical (unpaired) electrons. The minimum atomic E-state index is 0.552. The first-order valence-corrected chi connectivity index (χ1v) is 5.79. The lowest BCUT2D eigenvalue weighted by atomic mass is 10.2. The predicted molar refractivity (Wildman–Crippen MR) is 60.9 cm³/mol. The Kier molecular flexibility index (Phi) is 2.72. The van der Waals surface area contributed by atoms with Crippen LogP contribution >= 0.6 is 15.9 Å². The fourth-order valence-electron chi connectivity index (χ4n) is 1.83. The van der Waals surface area contributed by atoms with Crippen LogP contribution in [-0.4, -0.2) is 27.6 Å². The van der Waals surface area contributed by atoms with Crippen LogP contribution < -0.4 is 4.90 Å². The lowest BCUT2D eigenvalue weighted by Crippen LogP contribution is -2.27. The maximum atomic E-state index is 4.20. The van der Waals surface area contributed by atoms with Crippen LogP contribution in [0.1, 0.15) is 19.0 Å². The number of aromatic nitrogens is 2. The van der Waals surface area contributed by atoms with Crippen LogP contribution in [0.3, 0.4) is 0 Å². The Morgan fingerprint density at radius 3 is 2.71 bits per heavy atom. The van der Waals surface area contributed by atoms with Crippen molar-refractivity contribution < 1.29 is 0 Å². The van der Waals surface area contributed by atoms with Gasteiger partial charge in [0.15, 0.2) is 5.82 Å². The summed E-state index contributed by atoms with van der Waals surface area (Å²) in [7, 11) is 0. The molecule has 0 spiro atoms. The van der Waals surface area contributed by atoms with Crippen molar-refractivity contribution in [2.45, 2.75) is 31.1 Å². The fraction of sp³-hybridized carbons (Fsp3) is 0.600. The Bertz CT molecular complexity index is 312. The van der Waals surface area contributed by atoms with Gasteiger partial charge in [-0.2, -0.15) is 5.10 Å². The van der Waals surface area contributed by atoms with Gasteiger partial charge in [0.25, 0.3) is 0 Å². The zero-order valence-electron chi connectivity index (χ0n) is 8.44. The highest BCUT2D eigenvalue weighted by atomic mass is 79.9. The second-order valence-corrected chi connectivity index (χ2v) is 5.16. The lowest BCUT2D eigenvalue weighted by Gasteiger charge is -2.21. The molecule has 14 heavy (non-hydrogen) atoms. The molecule has 0 aliphatic carbocycles. The molecule has 1 fully saturated rings. The zero-order chi connectivity index (χ0) is 10.1. The molecule has 2 atom stereocenters. The van der Waals surface area contributed by atoms with Gasteiger partial charge >= 0.3 is 0 Å². The summed E-state index contributed by atoms with van der Waals surface area (Å²) >= 11 is 3.64. The van der Waals surface area contributed by atoms with Crippen molar-refractivity contribution in [3.8, 4) is 0 Å². The van der Waals surface area contributed by atoms with Crippen LogP contribution in [0.5, 0.6) is 0 Å². The molecular weight excluding hydrogens is 242 g/mol. The average molecular weight is 256 g/mol. The van der Waals surface area contributed by atoms with Crippen molar-refractivity contribution in [1.29, 1.82) is 0 Å². The first-order chi connectivity index (χ1) is 6.66. The molecule has 1 aliphatic rings. The van der Waals surface area contributed by atoms with E-state index in [-0.39, 0.29) is 0 Å². The minimum absolute atomic E-state index is 0.552. The SMILES string of the molecule is Cc1ccc(N2CC(Br)CC2C)nn1. The number of rotatable bonds is 1. The van der Waals surface area contributed by atoms with Gasteiger partial charge in [0.1, 0.15) is 0 Å². The van der Waals surface area contributed by atoms with E-state index in [4.69, 9.17) is 0 Å². The normalized spacial score (nSPS) is 26.9. The Hall–Kier alpha value is -0.640. The van der Waals surface area contributed by atoms with Gasteiger partial charge in [-0.15, -0.1) is 5.10 Å². The van der Waals surface area contributed by atoms with Gasteiger partial charge in [-0.3, -0.25) is 0 Å². The average Bonchev–Trinajstić information content (AvgIpc) is 2.47. The fourth-order valence-corrected chi connectivity index (χ4v) is 2.68. The van der Waals surface area contributed by atoms with Gasteiger partial charge < -0.3 is 4.90 Å². The molecule has 2 rings (SSSR count). The molecule has 76 valence electrons. The summed E-state index contributed by atoms with van der Waals surface area (Å²) < 4.78 is 0. The molecular formula is C10H14BrN3. The van der Waals surface area contributed by atoms with Crippen LogP contribution in [0.25, 0.3) is 0 Å². The van der Waals surface area contributed by atoms with Crippen molar-refractivity contribution in [3.63, 3.8) is 0 Å². The second-order valence-electron chi connectivity index (χ2n) is 3.87. The van der Waals surface area contributed by atoms with Gasteiger partial charge in [0, 0.05) is 17.4 Å². The third-order valence-electron chi connectivity index (χ3n) is 2.60. The van der Waals surface area contributed by atoms with Gasteiger partial charge in [-0.25, -0.2) is 0 Å². The monoisotopic (exact) mass is 255 g/mol. The molecule has 0 N–H and O–H groups in total. The van der Waals surface area contributed by atoms with E-state index in [0.717, 1.165) is 18.1 Å². The molecule has 1 saturated heterocycles. The molecule has 1 aromatic rings.